The molecule has 7 nitrogen and oxygen atoms in total. The largest absolute Gasteiger partial charge is 0.573 e. The van der Waals surface area contributed by atoms with Crippen molar-refractivity contribution in [3.05, 3.63) is 77.0 Å². The number of rotatable bonds is 5. The van der Waals surface area contributed by atoms with Crippen LogP contribution in [0.4, 0.5) is 13.2 Å². The highest BCUT2D eigenvalue weighted by molar-refractivity contribution is 5.84. The van der Waals surface area contributed by atoms with Crippen LogP contribution >= 0.6 is 0 Å². The Bertz CT molecular complexity index is 1290. The van der Waals surface area contributed by atoms with Gasteiger partial charge in [-0.3, -0.25) is 9.55 Å². The van der Waals surface area contributed by atoms with Crippen molar-refractivity contribution >= 4 is 10.9 Å². The summed E-state index contributed by atoms with van der Waals surface area (Å²) >= 11 is 0. The minimum Gasteiger partial charge on any atom is -0.495 e. The molecule has 0 amide bonds. The van der Waals surface area contributed by atoms with Gasteiger partial charge in [0.15, 0.2) is 0 Å². The van der Waals surface area contributed by atoms with E-state index < -0.39 is 17.8 Å². The number of hydrogen-bond donors (Lipinski definition) is 1. The normalized spacial score (nSPS) is 11.6. The fraction of sp³-hybridized carbons (Fsp3) is 0.143. The molecule has 0 saturated carbocycles. The average Bonchev–Trinajstić information content (AvgIpc) is 3.01. The Labute approximate surface area is 173 Å². The third-order valence-corrected chi connectivity index (χ3v) is 4.66. The molecular weight excluding hydrogens is 415 g/mol. The zero-order chi connectivity index (χ0) is 22.2. The monoisotopic (exact) mass is 431 g/mol. The second kappa shape index (κ2) is 7.71. The van der Waals surface area contributed by atoms with Gasteiger partial charge in [0.05, 0.1) is 37.3 Å². The summed E-state index contributed by atoms with van der Waals surface area (Å²) in [5.41, 5.74) is 1.02. The van der Waals surface area contributed by atoms with E-state index in [1.807, 2.05) is 24.3 Å². The first-order valence-electron chi connectivity index (χ1n) is 9.05. The Hall–Kier alpha value is -3.95. The maximum Gasteiger partial charge on any atom is 0.573 e. The Balaban J connectivity index is 1.72. The molecule has 0 spiro atoms. The predicted octanol–water partition coefficient (Wildman–Crippen LogP) is 3.85. The van der Waals surface area contributed by atoms with Crippen molar-refractivity contribution in [1.82, 2.24) is 14.1 Å². The molecule has 4 aromatic rings. The zero-order valence-electron chi connectivity index (χ0n) is 16.1. The number of methoxy groups -OCH3 is 1. The highest BCUT2D eigenvalue weighted by atomic mass is 19.4. The van der Waals surface area contributed by atoms with Crippen LogP contribution in [0.25, 0.3) is 16.6 Å². The molecule has 2 aromatic heterocycles. The minimum atomic E-state index is -4.82. The number of pyridine rings is 1. The summed E-state index contributed by atoms with van der Waals surface area (Å²) in [6.07, 6.45) is -2.02. The van der Waals surface area contributed by atoms with Crippen molar-refractivity contribution in [3.63, 3.8) is 0 Å². The lowest BCUT2D eigenvalue weighted by molar-refractivity contribution is -0.274. The number of aromatic hydroxyl groups is 1. The molecular formula is C21H16F3N3O4. The van der Waals surface area contributed by atoms with Gasteiger partial charge in [0.1, 0.15) is 11.5 Å². The molecule has 0 aliphatic rings. The second-order valence-corrected chi connectivity index (χ2v) is 6.60. The van der Waals surface area contributed by atoms with Gasteiger partial charge in [-0.2, -0.15) is 0 Å². The van der Waals surface area contributed by atoms with Gasteiger partial charge in [0.25, 0.3) is 0 Å². The highest BCUT2D eigenvalue weighted by Crippen LogP contribution is 2.28. The smallest absolute Gasteiger partial charge is 0.495 e. The third-order valence-electron chi connectivity index (χ3n) is 4.66. The van der Waals surface area contributed by atoms with E-state index in [9.17, 15) is 23.1 Å². The molecule has 0 fully saturated rings. The number of halogens is 3. The Morgan fingerprint density at radius 1 is 1.10 bits per heavy atom. The Morgan fingerprint density at radius 2 is 1.81 bits per heavy atom. The standard InChI is InChI=1S/C21H16F3N3O4/c1-30-18-10-25-17-5-3-2-4-15(17)16(18)11-26-12-19(28)27(20(26)29)13-6-8-14(9-7-13)31-21(22,23)24/h2-10,12,28H,11H2,1H3. The lowest BCUT2D eigenvalue weighted by Gasteiger charge is -2.11. The van der Waals surface area contributed by atoms with E-state index >= 15 is 0 Å². The van der Waals surface area contributed by atoms with Crippen LogP contribution in [0.5, 0.6) is 17.4 Å². The van der Waals surface area contributed by atoms with Crippen molar-refractivity contribution in [2.45, 2.75) is 12.9 Å². The number of hydrogen-bond acceptors (Lipinski definition) is 5. The first-order valence-corrected chi connectivity index (χ1v) is 9.05. The van der Waals surface area contributed by atoms with Gasteiger partial charge in [-0.1, -0.05) is 18.2 Å². The van der Waals surface area contributed by atoms with Crippen molar-refractivity contribution in [2.75, 3.05) is 7.11 Å². The quantitative estimate of drug-likeness (QED) is 0.519. The van der Waals surface area contributed by atoms with Gasteiger partial charge < -0.3 is 14.6 Å². The van der Waals surface area contributed by atoms with Crippen molar-refractivity contribution in [1.29, 1.82) is 0 Å². The first-order chi connectivity index (χ1) is 14.8. The molecule has 160 valence electrons. The van der Waals surface area contributed by atoms with Crippen molar-refractivity contribution in [3.8, 4) is 23.1 Å². The number of alkyl halides is 3. The average molecular weight is 431 g/mol. The summed E-state index contributed by atoms with van der Waals surface area (Å²) in [6.45, 7) is 0.0842. The lowest BCUT2D eigenvalue weighted by atomic mass is 10.1. The van der Waals surface area contributed by atoms with Crippen LogP contribution in [-0.4, -0.2) is 32.7 Å². The molecule has 0 aliphatic carbocycles. The topological polar surface area (TPSA) is 78.5 Å². The van der Waals surface area contributed by atoms with Crippen LogP contribution in [0.3, 0.4) is 0 Å². The molecule has 0 radical (unpaired) electrons. The molecule has 2 aromatic carbocycles. The zero-order valence-corrected chi connectivity index (χ0v) is 16.1. The first kappa shape index (κ1) is 20.3. The van der Waals surface area contributed by atoms with E-state index in [0.717, 1.165) is 27.6 Å². The van der Waals surface area contributed by atoms with Crippen LogP contribution in [-0.2, 0) is 6.54 Å². The molecule has 1 N–H and O–H groups in total. The highest BCUT2D eigenvalue weighted by Gasteiger charge is 2.31. The van der Waals surface area contributed by atoms with Gasteiger partial charge in [0, 0.05) is 10.9 Å². The summed E-state index contributed by atoms with van der Waals surface area (Å²) in [7, 11) is 1.49. The van der Waals surface area contributed by atoms with Gasteiger partial charge in [0.2, 0.25) is 5.88 Å². The van der Waals surface area contributed by atoms with Crippen molar-refractivity contribution in [2.24, 2.45) is 0 Å². The number of imidazole rings is 1. The van der Waals surface area contributed by atoms with E-state index in [1.54, 1.807) is 6.20 Å². The molecule has 0 saturated heterocycles. The molecule has 0 bridgehead atoms. The Morgan fingerprint density at radius 3 is 2.48 bits per heavy atom. The third kappa shape index (κ3) is 4.04. The molecule has 0 unspecified atom stereocenters. The van der Waals surface area contributed by atoms with Crippen LogP contribution < -0.4 is 15.2 Å². The van der Waals surface area contributed by atoms with Gasteiger partial charge in [-0.15, -0.1) is 13.2 Å². The van der Waals surface area contributed by atoms with Crippen molar-refractivity contribution < 1.29 is 27.8 Å². The maximum absolute atomic E-state index is 12.9. The number of ether oxygens (including phenoxy) is 2. The molecule has 0 atom stereocenters. The fourth-order valence-corrected chi connectivity index (χ4v) is 3.32. The van der Waals surface area contributed by atoms with Crippen LogP contribution in [0, 0.1) is 0 Å². The van der Waals surface area contributed by atoms with Crippen LogP contribution in [0.1, 0.15) is 5.56 Å². The molecule has 2 heterocycles. The van der Waals surface area contributed by atoms with Gasteiger partial charge >= 0.3 is 12.1 Å². The predicted molar refractivity (Wildman–Crippen MR) is 106 cm³/mol. The number of para-hydroxylation sites is 1. The number of nitrogens with zero attached hydrogens (tertiary/aromatic N) is 3. The molecule has 31 heavy (non-hydrogen) atoms. The van der Waals surface area contributed by atoms with E-state index in [0.29, 0.717) is 11.3 Å². The van der Waals surface area contributed by atoms with E-state index in [1.165, 1.54) is 30.0 Å². The van der Waals surface area contributed by atoms with E-state index in [2.05, 4.69) is 9.72 Å². The minimum absolute atomic E-state index is 0.0842. The summed E-state index contributed by atoms with van der Waals surface area (Å²) in [6, 6.07) is 12.0. The molecule has 4 rings (SSSR count). The van der Waals surface area contributed by atoms with Crippen LogP contribution in [0.2, 0.25) is 0 Å². The van der Waals surface area contributed by atoms with E-state index in [4.69, 9.17) is 4.74 Å². The Kier molecular flexibility index (Phi) is 5.05. The second-order valence-electron chi connectivity index (χ2n) is 6.60. The number of fused-ring (bicyclic) bond motifs is 1. The van der Waals surface area contributed by atoms with Gasteiger partial charge in [-0.25, -0.2) is 9.36 Å². The lowest BCUT2D eigenvalue weighted by Crippen LogP contribution is -2.24. The fourth-order valence-electron chi connectivity index (χ4n) is 3.32. The summed E-state index contributed by atoms with van der Waals surface area (Å²) < 4.78 is 48.5. The molecule has 10 heteroatoms. The molecule has 0 aliphatic heterocycles. The number of aromatic nitrogens is 3. The van der Waals surface area contributed by atoms with Crippen LogP contribution in [0.15, 0.2) is 65.7 Å². The maximum atomic E-state index is 12.9. The summed E-state index contributed by atoms with van der Waals surface area (Å²) in [5.74, 6) is -0.325. The number of benzene rings is 2. The summed E-state index contributed by atoms with van der Waals surface area (Å²) in [4.78, 5) is 17.3. The summed E-state index contributed by atoms with van der Waals surface area (Å²) in [5, 5.41) is 11.1. The van der Waals surface area contributed by atoms with E-state index in [-0.39, 0.29) is 18.1 Å². The SMILES string of the molecule is COc1cnc2ccccc2c1Cn1cc(O)n(-c2ccc(OC(F)(F)F)cc2)c1=O. The van der Waals surface area contributed by atoms with Gasteiger partial charge in [-0.05, 0) is 30.3 Å².